The molecule has 1 heterocycles. The standard InChI is InChI=1S/C13H22N2O2/c1-6-10(4)7-15(12(16)9(2)3)13-14-11(5)8-17-13/h8-10H,6-7H2,1-5H3. The van der Waals surface area contributed by atoms with Gasteiger partial charge in [0.25, 0.3) is 0 Å². The molecule has 1 atom stereocenters. The molecule has 17 heavy (non-hydrogen) atoms. The summed E-state index contributed by atoms with van der Waals surface area (Å²) in [6.45, 7) is 10.5. The highest BCUT2D eigenvalue weighted by Gasteiger charge is 2.24. The van der Waals surface area contributed by atoms with Crippen LogP contribution in [0.1, 0.15) is 39.8 Å². The van der Waals surface area contributed by atoms with E-state index in [1.165, 1.54) is 0 Å². The van der Waals surface area contributed by atoms with Crippen LogP contribution in [0.25, 0.3) is 0 Å². The molecule has 1 rings (SSSR count). The number of rotatable bonds is 5. The third-order valence-corrected chi connectivity index (χ3v) is 2.79. The Kier molecular flexibility index (Phi) is 4.73. The molecule has 0 aromatic carbocycles. The molecule has 1 unspecified atom stereocenters. The van der Waals surface area contributed by atoms with Crippen LogP contribution in [-0.4, -0.2) is 17.4 Å². The van der Waals surface area contributed by atoms with E-state index >= 15 is 0 Å². The van der Waals surface area contributed by atoms with E-state index in [4.69, 9.17) is 4.42 Å². The van der Waals surface area contributed by atoms with Crippen LogP contribution in [0.2, 0.25) is 0 Å². The number of aromatic nitrogens is 1. The minimum atomic E-state index is -0.0498. The molecule has 0 aliphatic carbocycles. The molecule has 4 heteroatoms. The van der Waals surface area contributed by atoms with E-state index in [0.717, 1.165) is 12.1 Å². The molecule has 96 valence electrons. The van der Waals surface area contributed by atoms with E-state index in [0.29, 0.717) is 18.5 Å². The van der Waals surface area contributed by atoms with E-state index in [1.54, 1.807) is 11.2 Å². The van der Waals surface area contributed by atoms with Crippen molar-refractivity contribution in [2.24, 2.45) is 11.8 Å². The number of hydrogen-bond donors (Lipinski definition) is 0. The fourth-order valence-electron chi connectivity index (χ4n) is 1.48. The Morgan fingerprint density at radius 1 is 1.47 bits per heavy atom. The minimum Gasteiger partial charge on any atom is -0.431 e. The van der Waals surface area contributed by atoms with Crippen molar-refractivity contribution in [3.8, 4) is 0 Å². The molecule has 1 aromatic heterocycles. The Labute approximate surface area is 103 Å². The zero-order valence-corrected chi connectivity index (χ0v) is 11.4. The van der Waals surface area contributed by atoms with E-state index in [-0.39, 0.29) is 11.8 Å². The lowest BCUT2D eigenvalue weighted by Crippen LogP contribution is -2.37. The van der Waals surface area contributed by atoms with Crippen molar-refractivity contribution in [1.82, 2.24) is 4.98 Å². The summed E-state index contributed by atoms with van der Waals surface area (Å²) in [6, 6.07) is 0.418. The highest BCUT2D eigenvalue weighted by atomic mass is 16.4. The molecule has 0 radical (unpaired) electrons. The maximum atomic E-state index is 12.1. The number of amides is 1. The Morgan fingerprint density at radius 2 is 2.12 bits per heavy atom. The van der Waals surface area contributed by atoms with Crippen molar-refractivity contribution >= 4 is 11.9 Å². The van der Waals surface area contributed by atoms with Crippen LogP contribution in [0.15, 0.2) is 10.7 Å². The van der Waals surface area contributed by atoms with Gasteiger partial charge in [0, 0.05) is 12.5 Å². The van der Waals surface area contributed by atoms with Gasteiger partial charge in [-0.25, -0.2) is 0 Å². The first kappa shape index (κ1) is 13.7. The number of carbonyl (C=O) groups excluding carboxylic acids is 1. The van der Waals surface area contributed by atoms with Gasteiger partial charge in [0.15, 0.2) is 0 Å². The van der Waals surface area contributed by atoms with Crippen LogP contribution in [0.3, 0.4) is 0 Å². The third-order valence-electron chi connectivity index (χ3n) is 2.79. The number of oxazole rings is 1. The second kappa shape index (κ2) is 5.84. The molecule has 0 aliphatic rings. The predicted octanol–water partition coefficient (Wildman–Crippen LogP) is 3.02. The topological polar surface area (TPSA) is 46.3 Å². The zero-order chi connectivity index (χ0) is 13.0. The second-order valence-electron chi connectivity index (χ2n) is 4.89. The van der Waals surface area contributed by atoms with Crippen LogP contribution in [-0.2, 0) is 4.79 Å². The Morgan fingerprint density at radius 3 is 2.53 bits per heavy atom. The average Bonchev–Trinajstić information content (AvgIpc) is 2.71. The van der Waals surface area contributed by atoms with Crippen molar-refractivity contribution in [3.63, 3.8) is 0 Å². The summed E-state index contributed by atoms with van der Waals surface area (Å²) in [5, 5.41) is 0. The van der Waals surface area contributed by atoms with Crippen molar-refractivity contribution in [2.75, 3.05) is 11.4 Å². The summed E-state index contributed by atoms with van der Waals surface area (Å²) in [5.41, 5.74) is 0.797. The highest BCUT2D eigenvalue weighted by molar-refractivity contribution is 5.92. The molecule has 4 nitrogen and oxygen atoms in total. The molecule has 1 aromatic rings. The molecule has 0 bridgehead atoms. The lowest BCUT2D eigenvalue weighted by Gasteiger charge is -2.23. The number of hydrogen-bond acceptors (Lipinski definition) is 3. The van der Waals surface area contributed by atoms with E-state index in [2.05, 4.69) is 18.8 Å². The third kappa shape index (κ3) is 3.58. The van der Waals surface area contributed by atoms with Crippen LogP contribution in [0.5, 0.6) is 0 Å². The summed E-state index contributed by atoms with van der Waals surface area (Å²) < 4.78 is 5.34. The number of nitrogens with zero attached hydrogens (tertiary/aromatic N) is 2. The number of carbonyl (C=O) groups is 1. The maximum absolute atomic E-state index is 12.1. The van der Waals surface area contributed by atoms with Gasteiger partial charge in [0.1, 0.15) is 6.26 Å². The molecule has 1 amide bonds. The maximum Gasteiger partial charge on any atom is 0.304 e. The van der Waals surface area contributed by atoms with Crippen molar-refractivity contribution in [1.29, 1.82) is 0 Å². The average molecular weight is 238 g/mol. The molecule has 0 N–H and O–H groups in total. The van der Waals surface area contributed by atoms with Crippen molar-refractivity contribution < 1.29 is 9.21 Å². The Hall–Kier alpha value is -1.32. The van der Waals surface area contributed by atoms with Gasteiger partial charge < -0.3 is 4.42 Å². The SMILES string of the molecule is CCC(C)CN(C(=O)C(C)C)c1nc(C)co1. The summed E-state index contributed by atoms with van der Waals surface area (Å²) in [4.78, 5) is 18.0. The fraction of sp³-hybridized carbons (Fsp3) is 0.692. The van der Waals surface area contributed by atoms with Gasteiger partial charge in [0.05, 0.1) is 5.69 Å². The first-order valence-electron chi connectivity index (χ1n) is 6.19. The molecule has 0 saturated heterocycles. The predicted molar refractivity (Wildman–Crippen MR) is 67.9 cm³/mol. The fourth-order valence-corrected chi connectivity index (χ4v) is 1.48. The first-order valence-corrected chi connectivity index (χ1v) is 6.19. The number of aryl methyl sites for hydroxylation is 1. The highest BCUT2D eigenvalue weighted by Crippen LogP contribution is 2.18. The largest absolute Gasteiger partial charge is 0.431 e. The van der Waals surface area contributed by atoms with Gasteiger partial charge in [0.2, 0.25) is 5.91 Å². The summed E-state index contributed by atoms with van der Waals surface area (Å²) in [6.07, 6.45) is 2.61. The van der Waals surface area contributed by atoms with E-state index < -0.39 is 0 Å². The van der Waals surface area contributed by atoms with Gasteiger partial charge in [-0.05, 0) is 12.8 Å². The summed E-state index contributed by atoms with van der Waals surface area (Å²) >= 11 is 0. The Bertz CT molecular complexity index is 371. The van der Waals surface area contributed by atoms with Crippen LogP contribution in [0, 0.1) is 18.8 Å². The zero-order valence-electron chi connectivity index (χ0n) is 11.4. The normalized spacial score (nSPS) is 12.8. The number of anilines is 1. The van der Waals surface area contributed by atoms with Crippen molar-refractivity contribution in [3.05, 3.63) is 12.0 Å². The quantitative estimate of drug-likeness (QED) is 0.792. The van der Waals surface area contributed by atoms with Crippen LogP contribution in [0.4, 0.5) is 6.01 Å². The van der Waals surface area contributed by atoms with E-state index in [9.17, 15) is 4.79 Å². The second-order valence-corrected chi connectivity index (χ2v) is 4.89. The lowest BCUT2D eigenvalue weighted by molar-refractivity contribution is -0.121. The van der Waals surface area contributed by atoms with Gasteiger partial charge in [-0.3, -0.25) is 9.69 Å². The van der Waals surface area contributed by atoms with Gasteiger partial charge in [-0.2, -0.15) is 4.98 Å². The van der Waals surface area contributed by atoms with Crippen LogP contribution >= 0.6 is 0 Å². The molecule has 0 fully saturated rings. The minimum absolute atomic E-state index is 0.0498. The van der Waals surface area contributed by atoms with Crippen LogP contribution < -0.4 is 4.90 Å². The smallest absolute Gasteiger partial charge is 0.304 e. The van der Waals surface area contributed by atoms with Crippen molar-refractivity contribution in [2.45, 2.75) is 41.0 Å². The van der Waals surface area contributed by atoms with Gasteiger partial charge in [-0.1, -0.05) is 34.1 Å². The monoisotopic (exact) mass is 238 g/mol. The molecular weight excluding hydrogens is 216 g/mol. The Balaban J connectivity index is 2.90. The van der Waals surface area contributed by atoms with Gasteiger partial charge >= 0.3 is 6.01 Å². The van der Waals surface area contributed by atoms with E-state index in [1.807, 2.05) is 20.8 Å². The molecule has 0 aliphatic heterocycles. The summed E-state index contributed by atoms with van der Waals surface area (Å²) in [7, 11) is 0. The molecular formula is C13H22N2O2. The first-order chi connectivity index (χ1) is 7.95. The van der Waals surface area contributed by atoms with Gasteiger partial charge in [-0.15, -0.1) is 0 Å². The lowest BCUT2D eigenvalue weighted by atomic mass is 10.1. The molecule has 0 spiro atoms. The molecule has 0 saturated carbocycles. The summed E-state index contributed by atoms with van der Waals surface area (Å²) in [5.74, 6) is 0.448.